The number of nitrogens with one attached hydrogen (secondary N) is 1. The van der Waals surface area contributed by atoms with Crippen molar-refractivity contribution in [2.45, 2.75) is 59.5 Å². The van der Waals surface area contributed by atoms with E-state index in [0.29, 0.717) is 37.7 Å². The Balaban J connectivity index is 2.15. The van der Waals surface area contributed by atoms with E-state index in [2.05, 4.69) is 5.32 Å². The van der Waals surface area contributed by atoms with Gasteiger partial charge < -0.3 is 19.7 Å². The van der Waals surface area contributed by atoms with Gasteiger partial charge in [-0.2, -0.15) is 0 Å². The van der Waals surface area contributed by atoms with Gasteiger partial charge in [0.2, 0.25) is 11.8 Å². The number of ether oxygens (including phenoxy) is 2. The van der Waals surface area contributed by atoms with Crippen LogP contribution in [0.2, 0.25) is 0 Å². The highest BCUT2D eigenvalue weighted by molar-refractivity contribution is 5.87. The van der Waals surface area contributed by atoms with Crippen LogP contribution in [0.3, 0.4) is 0 Å². The summed E-state index contributed by atoms with van der Waals surface area (Å²) in [6.07, 6.45) is 1.53. The van der Waals surface area contributed by atoms with Crippen LogP contribution in [0.1, 0.15) is 51.7 Å². The summed E-state index contributed by atoms with van der Waals surface area (Å²) in [5, 5.41) is 2.85. The average molecular weight is 459 g/mol. The van der Waals surface area contributed by atoms with Gasteiger partial charge in [0, 0.05) is 19.5 Å². The maximum absolute atomic E-state index is 13.3. The van der Waals surface area contributed by atoms with Gasteiger partial charge in [-0.05, 0) is 69.0 Å². The minimum atomic E-state index is -0.645. The zero-order valence-electron chi connectivity index (χ0n) is 20.0. The zero-order chi connectivity index (χ0) is 24.2. The second-order valence-electron chi connectivity index (χ2n) is 7.76. The highest BCUT2D eigenvalue weighted by atomic mass is 19.1. The number of amides is 2. The van der Waals surface area contributed by atoms with Crippen LogP contribution in [0.15, 0.2) is 42.5 Å². The van der Waals surface area contributed by atoms with E-state index < -0.39 is 6.04 Å². The first kappa shape index (κ1) is 26.2. The van der Waals surface area contributed by atoms with Crippen LogP contribution < -0.4 is 14.8 Å². The smallest absolute Gasteiger partial charge is 0.242 e. The number of benzene rings is 2. The van der Waals surface area contributed by atoms with Crippen LogP contribution in [0.5, 0.6) is 11.5 Å². The molecule has 0 radical (unpaired) electrons. The fourth-order valence-corrected chi connectivity index (χ4v) is 3.41. The summed E-state index contributed by atoms with van der Waals surface area (Å²) in [6, 6.07) is 11.0. The highest BCUT2D eigenvalue weighted by Crippen LogP contribution is 2.29. The molecule has 2 aromatic carbocycles. The third-order valence-electron chi connectivity index (χ3n) is 5.22. The minimum absolute atomic E-state index is 0.148. The molecular formula is C26H35FN2O4. The molecule has 0 heterocycles. The molecule has 0 aromatic heterocycles. The summed E-state index contributed by atoms with van der Waals surface area (Å²) >= 11 is 0. The molecule has 0 aliphatic carbocycles. The number of carbonyl (C=O) groups is 2. The molecule has 0 bridgehead atoms. The molecule has 0 unspecified atom stereocenters. The summed E-state index contributed by atoms with van der Waals surface area (Å²) in [4.78, 5) is 27.3. The van der Waals surface area contributed by atoms with Crippen molar-refractivity contribution in [1.29, 1.82) is 0 Å². The van der Waals surface area contributed by atoms with Crippen LogP contribution in [-0.2, 0) is 22.6 Å². The standard InChI is InChI=1S/C26H35FN2O4/c1-5-16-28-26(31)19(4)29(18-21-8-12-22(27)13-9-21)25(30)15-11-20-10-14-23(32-6-2)24(17-20)33-7-3/h8-10,12-14,17,19H,5-7,11,15-16,18H2,1-4H3,(H,28,31)/t19-/m1/s1. The van der Waals surface area contributed by atoms with Gasteiger partial charge in [-0.3, -0.25) is 9.59 Å². The van der Waals surface area contributed by atoms with E-state index in [-0.39, 0.29) is 30.6 Å². The SMILES string of the molecule is CCCNC(=O)[C@@H](C)N(Cc1ccc(F)cc1)C(=O)CCc1ccc(OCC)c(OCC)c1. The Bertz CT molecular complexity index is 902. The van der Waals surface area contributed by atoms with Gasteiger partial charge in [0.25, 0.3) is 0 Å². The molecule has 0 saturated carbocycles. The molecule has 7 heteroatoms. The highest BCUT2D eigenvalue weighted by Gasteiger charge is 2.25. The molecule has 180 valence electrons. The number of rotatable bonds is 13. The topological polar surface area (TPSA) is 67.9 Å². The summed E-state index contributed by atoms with van der Waals surface area (Å²) < 4.78 is 24.6. The molecule has 33 heavy (non-hydrogen) atoms. The lowest BCUT2D eigenvalue weighted by atomic mass is 10.1. The second-order valence-corrected chi connectivity index (χ2v) is 7.76. The van der Waals surface area contributed by atoms with E-state index in [1.54, 1.807) is 24.0 Å². The third kappa shape index (κ3) is 8.08. The van der Waals surface area contributed by atoms with Crippen molar-refractivity contribution in [3.8, 4) is 11.5 Å². The molecule has 0 aliphatic heterocycles. The summed E-state index contributed by atoms with van der Waals surface area (Å²) in [5.41, 5.74) is 1.71. The third-order valence-corrected chi connectivity index (χ3v) is 5.22. The lowest BCUT2D eigenvalue weighted by molar-refractivity contribution is -0.140. The van der Waals surface area contributed by atoms with E-state index >= 15 is 0 Å². The van der Waals surface area contributed by atoms with Crippen molar-refractivity contribution in [3.05, 3.63) is 59.4 Å². The molecule has 0 aliphatic rings. The largest absolute Gasteiger partial charge is 0.490 e. The maximum atomic E-state index is 13.3. The van der Waals surface area contributed by atoms with Crippen molar-refractivity contribution in [3.63, 3.8) is 0 Å². The second kappa shape index (κ2) is 13.5. The first-order valence-corrected chi connectivity index (χ1v) is 11.6. The van der Waals surface area contributed by atoms with E-state index in [1.165, 1.54) is 12.1 Å². The molecule has 0 saturated heterocycles. The Morgan fingerprint density at radius 2 is 1.61 bits per heavy atom. The number of hydrogen-bond donors (Lipinski definition) is 1. The summed E-state index contributed by atoms with van der Waals surface area (Å²) in [7, 11) is 0. The van der Waals surface area contributed by atoms with Crippen LogP contribution in [0.25, 0.3) is 0 Å². The Morgan fingerprint density at radius 3 is 2.24 bits per heavy atom. The van der Waals surface area contributed by atoms with Gasteiger partial charge in [0.15, 0.2) is 11.5 Å². The lowest BCUT2D eigenvalue weighted by Crippen LogP contribution is -2.47. The monoisotopic (exact) mass is 458 g/mol. The molecule has 6 nitrogen and oxygen atoms in total. The van der Waals surface area contributed by atoms with Crippen LogP contribution >= 0.6 is 0 Å². The van der Waals surface area contributed by atoms with E-state index in [4.69, 9.17) is 9.47 Å². The number of hydrogen-bond acceptors (Lipinski definition) is 4. The van der Waals surface area contributed by atoms with Crippen LogP contribution in [0.4, 0.5) is 4.39 Å². The van der Waals surface area contributed by atoms with Gasteiger partial charge in [0.05, 0.1) is 13.2 Å². The molecule has 1 atom stereocenters. The minimum Gasteiger partial charge on any atom is -0.490 e. The molecule has 2 rings (SSSR count). The molecule has 1 N–H and O–H groups in total. The van der Waals surface area contributed by atoms with Crippen molar-refractivity contribution < 1.29 is 23.5 Å². The zero-order valence-corrected chi connectivity index (χ0v) is 20.0. The fourth-order valence-electron chi connectivity index (χ4n) is 3.41. The first-order valence-electron chi connectivity index (χ1n) is 11.6. The quantitative estimate of drug-likeness (QED) is 0.480. The summed E-state index contributed by atoms with van der Waals surface area (Å²) in [6.45, 7) is 9.34. The molecule has 0 spiro atoms. The maximum Gasteiger partial charge on any atom is 0.242 e. The van der Waals surface area contributed by atoms with E-state index in [0.717, 1.165) is 17.5 Å². The van der Waals surface area contributed by atoms with Gasteiger partial charge in [-0.25, -0.2) is 4.39 Å². The predicted molar refractivity (Wildman–Crippen MR) is 127 cm³/mol. The summed E-state index contributed by atoms with van der Waals surface area (Å²) in [5.74, 6) is 0.636. The molecule has 2 aromatic rings. The molecule has 0 fully saturated rings. The van der Waals surface area contributed by atoms with Crippen molar-refractivity contribution in [2.75, 3.05) is 19.8 Å². The van der Waals surface area contributed by atoms with E-state index in [1.807, 2.05) is 39.0 Å². The van der Waals surface area contributed by atoms with Crippen molar-refractivity contribution in [2.24, 2.45) is 0 Å². The Labute approximate surface area is 196 Å². The normalized spacial score (nSPS) is 11.5. The lowest BCUT2D eigenvalue weighted by Gasteiger charge is -2.29. The van der Waals surface area contributed by atoms with Crippen LogP contribution in [0, 0.1) is 5.82 Å². The fraction of sp³-hybridized carbons (Fsp3) is 0.462. The number of aryl methyl sites for hydroxylation is 1. The Morgan fingerprint density at radius 1 is 0.970 bits per heavy atom. The number of halogens is 1. The van der Waals surface area contributed by atoms with Crippen molar-refractivity contribution >= 4 is 11.8 Å². The molecule has 2 amide bonds. The Kier molecular flexibility index (Phi) is 10.7. The first-order chi connectivity index (χ1) is 15.9. The van der Waals surface area contributed by atoms with Gasteiger partial charge >= 0.3 is 0 Å². The van der Waals surface area contributed by atoms with Crippen LogP contribution in [-0.4, -0.2) is 42.5 Å². The predicted octanol–water partition coefficient (Wildman–Crippen LogP) is 4.50. The molecular weight excluding hydrogens is 423 g/mol. The average Bonchev–Trinajstić information content (AvgIpc) is 2.81. The van der Waals surface area contributed by atoms with Crippen molar-refractivity contribution in [1.82, 2.24) is 10.2 Å². The van der Waals surface area contributed by atoms with Gasteiger partial charge in [0.1, 0.15) is 11.9 Å². The van der Waals surface area contributed by atoms with Gasteiger partial charge in [-0.15, -0.1) is 0 Å². The number of carbonyl (C=O) groups excluding carboxylic acids is 2. The van der Waals surface area contributed by atoms with Gasteiger partial charge in [-0.1, -0.05) is 25.1 Å². The van der Waals surface area contributed by atoms with E-state index in [9.17, 15) is 14.0 Å². The Hall–Kier alpha value is -3.09. The number of nitrogens with zero attached hydrogens (tertiary/aromatic N) is 1.